The van der Waals surface area contributed by atoms with Crippen LogP contribution in [0.25, 0.3) is 5.82 Å². The fraction of sp³-hybridized carbons (Fsp3) is 0.556. The monoisotopic (exact) mass is 436 g/mol. The first-order valence-electron chi connectivity index (χ1n) is 8.93. The normalized spacial score (nSPS) is 15.2. The van der Waals surface area contributed by atoms with Crippen LogP contribution >= 0.6 is 15.9 Å². The third-order valence-corrected chi connectivity index (χ3v) is 5.46. The molecule has 1 saturated heterocycles. The van der Waals surface area contributed by atoms with E-state index >= 15 is 0 Å². The van der Waals surface area contributed by atoms with Gasteiger partial charge in [0.25, 0.3) is 0 Å². The zero-order valence-corrected chi connectivity index (χ0v) is 17.9. The molecule has 0 saturated carbocycles. The lowest BCUT2D eigenvalue weighted by Crippen LogP contribution is -2.50. The van der Waals surface area contributed by atoms with Gasteiger partial charge in [-0.25, -0.2) is 19.4 Å². The molecule has 0 bridgehead atoms. The first-order valence-corrected chi connectivity index (χ1v) is 9.72. The van der Waals surface area contributed by atoms with Crippen LogP contribution in [-0.4, -0.2) is 62.5 Å². The van der Waals surface area contributed by atoms with E-state index in [2.05, 4.69) is 35.9 Å². The van der Waals surface area contributed by atoms with Gasteiger partial charge in [-0.15, -0.1) is 0 Å². The van der Waals surface area contributed by atoms with E-state index in [9.17, 15) is 4.79 Å². The summed E-state index contributed by atoms with van der Waals surface area (Å²) in [6.45, 7) is 12.1. The Bertz CT molecular complexity index is 837. The second kappa shape index (κ2) is 7.46. The molecule has 0 aliphatic carbocycles. The number of carbonyl (C=O) groups excluding carboxylic acids is 1. The van der Waals surface area contributed by atoms with E-state index in [1.807, 2.05) is 45.4 Å². The molecule has 0 N–H and O–H groups in total. The molecule has 8 nitrogen and oxygen atoms in total. The number of aromatic nitrogens is 4. The van der Waals surface area contributed by atoms with Crippen molar-refractivity contribution in [2.75, 3.05) is 31.1 Å². The summed E-state index contributed by atoms with van der Waals surface area (Å²) in [6, 6.07) is 1.93. The molecule has 1 aliphatic heterocycles. The Morgan fingerprint density at radius 1 is 1.11 bits per heavy atom. The van der Waals surface area contributed by atoms with Gasteiger partial charge in [0.15, 0.2) is 5.82 Å². The third-order valence-electron chi connectivity index (χ3n) is 4.31. The number of ether oxygens (including phenoxy) is 1. The highest BCUT2D eigenvalue weighted by Crippen LogP contribution is 2.24. The number of halogens is 1. The molecular weight excluding hydrogens is 412 g/mol. The number of amides is 1. The molecule has 2 aromatic heterocycles. The van der Waals surface area contributed by atoms with Crippen LogP contribution in [0.4, 0.5) is 10.6 Å². The molecule has 3 rings (SSSR count). The van der Waals surface area contributed by atoms with Gasteiger partial charge in [-0.05, 0) is 50.5 Å². The summed E-state index contributed by atoms with van der Waals surface area (Å²) in [5.74, 6) is 1.55. The van der Waals surface area contributed by atoms with Crippen LogP contribution < -0.4 is 4.90 Å². The smallest absolute Gasteiger partial charge is 0.410 e. The minimum atomic E-state index is -0.482. The Hall–Kier alpha value is -2.16. The quantitative estimate of drug-likeness (QED) is 0.719. The Balaban J connectivity index is 1.70. The lowest BCUT2D eigenvalue weighted by atomic mass is 10.2. The molecule has 1 fully saturated rings. The zero-order valence-electron chi connectivity index (χ0n) is 16.4. The van der Waals surface area contributed by atoms with Crippen LogP contribution in [0.1, 0.15) is 32.2 Å². The summed E-state index contributed by atoms with van der Waals surface area (Å²) in [6.07, 6.45) is 1.29. The van der Waals surface area contributed by atoms with Crippen molar-refractivity contribution in [1.29, 1.82) is 0 Å². The Kier molecular flexibility index (Phi) is 5.41. The molecule has 1 amide bonds. The Morgan fingerprint density at radius 2 is 1.74 bits per heavy atom. The number of piperazine rings is 1. The summed E-state index contributed by atoms with van der Waals surface area (Å²) in [7, 11) is 0. The van der Waals surface area contributed by atoms with Crippen molar-refractivity contribution in [3.8, 4) is 5.82 Å². The predicted molar refractivity (Wildman–Crippen MR) is 106 cm³/mol. The van der Waals surface area contributed by atoms with E-state index < -0.39 is 5.60 Å². The number of carbonyl (C=O) groups is 1. The fourth-order valence-electron chi connectivity index (χ4n) is 2.92. The van der Waals surface area contributed by atoms with Gasteiger partial charge in [-0.2, -0.15) is 5.10 Å². The first-order chi connectivity index (χ1) is 12.7. The van der Waals surface area contributed by atoms with Crippen molar-refractivity contribution in [3.05, 3.63) is 28.3 Å². The number of rotatable bonds is 2. The molecule has 0 radical (unpaired) electrons. The number of hydrogen-bond acceptors (Lipinski definition) is 6. The lowest BCUT2D eigenvalue weighted by Gasteiger charge is -2.36. The lowest BCUT2D eigenvalue weighted by molar-refractivity contribution is 0.0240. The molecule has 3 heterocycles. The maximum atomic E-state index is 12.2. The van der Waals surface area contributed by atoms with E-state index in [0.29, 0.717) is 26.2 Å². The molecule has 2 aromatic rings. The average Bonchev–Trinajstić information content (AvgIpc) is 2.88. The van der Waals surface area contributed by atoms with Gasteiger partial charge in [0.05, 0.1) is 15.9 Å². The largest absolute Gasteiger partial charge is 0.444 e. The average molecular weight is 437 g/mol. The van der Waals surface area contributed by atoms with Gasteiger partial charge in [-0.3, -0.25) is 0 Å². The van der Waals surface area contributed by atoms with Gasteiger partial charge in [0.2, 0.25) is 0 Å². The van der Waals surface area contributed by atoms with E-state index in [0.717, 1.165) is 27.5 Å². The third kappa shape index (κ3) is 4.40. The summed E-state index contributed by atoms with van der Waals surface area (Å²) in [5, 5.41) is 4.53. The van der Waals surface area contributed by atoms with Crippen molar-refractivity contribution in [3.63, 3.8) is 0 Å². The predicted octanol–water partition coefficient (Wildman–Crippen LogP) is 3.10. The Morgan fingerprint density at radius 3 is 2.30 bits per heavy atom. The van der Waals surface area contributed by atoms with Crippen LogP contribution in [-0.2, 0) is 4.74 Å². The maximum absolute atomic E-state index is 12.2. The van der Waals surface area contributed by atoms with Gasteiger partial charge >= 0.3 is 6.09 Å². The van der Waals surface area contributed by atoms with Gasteiger partial charge < -0.3 is 14.5 Å². The topological polar surface area (TPSA) is 76.4 Å². The van der Waals surface area contributed by atoms with Crippen molar-refractivity contribution < 1.29 is 9.53 Å². The van der Waals surface area contributed by atoms with E-state index in [-0.39, 0.29) is 6.09 Å². The fourth-order valence-corrected chi connectivity index (χ4v) is 3.16. The number of hydrogen-bond donors (Lipinski definition) is 0. The van der Waals surface area contributed by atoms with E-state index in [4.69, 9.17) is 4.74 Å². The molecule has 9 heteroatoms. The highest BCUT2D eigenvalue weighted by Gasteiger charge is 2.26. The summed E-state index contributed by atoms with van der Waals surface area (Å²) < 4.78 is 8.24. The van der Waals surface area contributed by atoms with Gasteiger partial charge in [-0.1, -0.05) is 0 Å². The first kappa shape index (κ1) is 19.6. The molecule has 27 heavy (non-hydrogen) atoms. The summed E-state index contributed by atoms with van der Waals surface area (Å²) in [4.78, 5) is 24.9. The van der Waals surface area contributed by atoms with Crippen LogP contribution in [0.5, 0.6) is 0 Å². The molecule has 0 spiro atoms. The van der Waals surface area contributed by atoms with Crippen LogP contribution in [0, 0.1) is 13.8 Å². The number of anilines is 1. The molecule has 0 atom stereocenters. The van der Waals surface area contributed by atoms with Crippen molar-refractivity contribution in [2.45, 2.75) is 40.2 Å². The Labute approximate surface area is 167 Å². The summed E-state index contributed by atoms with van der Waals surface area (Å²) >= 11 is 3.55. The highest BCUT2D eigenvalue weighted by molar-refractivity contribution is 9.10. The van der Waals surface area contributed by atoms with Crippen molar-refractivity contribution in [2.24, 2.45) is 0 Å². The molecular formula is C18H25BrN6O2. The molecule has 1 aliphatic rings. The van der Waals surface area contributed by atoms with Crippen LogP contribution in [0.3, 0.4) is 0 Å². The minimum absolute atomic E-state index is 0.266. The second-order valence-corrected chi connectivity index (χ2v) is 8.38. The molecule has 0 aromatic carbocycles. The number of aryl methyl sites for hydroxylation is 1. The maximum Gasteiger partial charge on any atom is 0.410 e. The number of nitrogens with zero attached hydrogens (tertiary/aromatic N) is 6. The van der Waals surface area contributed by atoms with Crippen LogP contribution in [0.2, 0.25) is 0 Å². The minimum Gasteiger partial charge on any atom is -0.444 e. The zero-order chi connectivity index (χ0) is 19.8. The van der Waals surface area contributed by atoms with E-state index in [1.54, 1.807) is 11.2 Å². The van der Waals surface area contributed by atoms with Gasteiger partial charge in [0, 0.05) is 32.2 Å². The molecule has 0 unspecified atom stereocenters. The SMILES string of the molecule is Cc1nn(-c2cc(N3CCN(C(=O)OC(C)(C)C)CC3)ncn2)c(C)c1Br. The second-order valence-electron chi connectivity index (χ2n) is 7.59. The standard InChI is InChI=1S/C18H25BrN6O2/c1-12-16(19)13(2)25(22-12)15-10-14(20-11-21-15)23-6-8-24(9-7-23)17(26)27-18(3,4)5/h10-11H,6-9H2,1-5H3. The summed E-state index contributed by atoms with van der Waals surface area (Å²) in [5.41, 5.74) is 1.43. The highest BCUT2D eigenvalue weighted by atomic mass is 79.9. The van der Waals surface area contributed by atoms with Gasteiger partial charge in [0.1, 0.15) is 17.7 Å². The van der Waals surface area contributed by atoms with Crippen molar-refractivity contribution >= 4 is 27.8 Å². The molecule has 146 valence electrons. The van der Waals surface area contributed by atoms with Crippen LogP contribution in [0.15, 0.2) is 16.9 Å². The van der Waals surface area contributed by atoms with E-state index in [1.165, 1.54) is 0 Å². The van der Waals surface area contributed by atoms with Crippen molar-refractivity contribution in [1.82, 2.24) is 24.6 Å².